The van der Waals surface area contributed by atoms with E-state index in [1.807, 2.05) is 6.92 Å². The monoisotopic (exact) mass is 488 g/mol. The first kappa shape index (κ1) is 22.1. The van der Waals surface area contributed by atoms with Crippen molar-refractivity contribution in [3.63, 3.8) is 0 Å². The van der Waals surface area contributed by atoms with Crippen molar-refractivity contribution in [3.8, 4) is 5.75 Å². The van der Waals surface area contributed by atoms with E-state index in [1.165, 1.54) is 36.2 Å². The molecule has 0 atom stereocenters. The average Bonchev–Trinajstić information content (AvgIpc) is 2.77. The van der Waals surface area contributed by atoms with E-state index in [-0.39, 0.29) is 17.0 Å². The van der Waals surface area contributed by atoms with Crippen LogP contribution in [0.5, 0.6) is 5.75 Å². The van der Waals surface area contributed by atoms with Gasteiger partial charge in [-0.1, -0.05) is 22.9 Å². The van der Waals surface area contributed by atoms with Crippen LogP contribution in [0.3, 0.4) is 0 Å². The number of methoxy groups -OCH3 is 1. The second kappa shape index (κ2) is 9.47. The number of esters is 1. The summed E-state index contributed by atoms with van der Waals surface area (Å²) in [5.41, 5.74) is 0.211. The topological polar surface area (TPSA) is 126 Å². The third-order valence-corrected chi connectivity index (χ3v) is 4.76. The smallest absolute Gasteiger partial charge is 0.343 e. The Morgan fingerprint density at radius 3 is 2.77 bits per heavy atom. The van der Waals surface area contributed by atoms with Crippen molar-refractivity contribution in [2.75, 3.05) is 13.7 Å². The molecule has 0 aliphatic rings. The van der Waals surface area contributed by atoms with Gasteiger partial charge >= 0.3 is 11.7 Å². The fraction of sp³-hybridized carbons (Fsp3) is 0.200. The minimum Gasteiger partial charge on any atom is -0.475 e. The number of nitro benzene ring substituents is 1. The molecular formula is C20H17BrN4O6. The van der Waals surface area contributed by atoms with Crippen LogP contribution in [0.4, 0.5) is 5.69 Å². The van der Waals surface area contributed by atoms with Gasteiger partial charge in [-0.25, -0.2) is 9.78 Å². The molecule has 0 aliphatic heterocycles. The zero-order valence-corrected chi connectivity index (χ0v) is 18.2. The second-order valence-electron chi connectivity index (χ2n) is 6.25. The molecule has 0 aliphatic carbocycles. The quantitative estimate of drug-likeness (QED) is 0.216. The number of fused-ring (bicyclic) bond motifs is 1. The molecule has 2 aromatic carbocycles. The van der Waals surface area contributed by atoms with Crippen molar-refractivity contribution in [2.45, 2.75) is 13.3 Å². The molecule has 3 rings (SSSR count). The summed E-state index contributed by atoms with van der Waals surface area (Å²) in [6.45, 7) is 1.38. The minimum atomic E-state index is -0.665. The minimum absolute atomic E-state index is 0.0869. The molecule has 0 unspecified atom stereocenters. The Bertz CT molecular complexity index is 1250. The van der Waals surface area contributed by atoms with Gasteiger partial charge in [0.15, 0.2) is 12.4 Å². The van der Waals surface area contributed by atoms with Crippen LogP contribution < -0.4 is 10.3 Å². The van der Waals surface area contributed by atoms with Crippen LogP contribution in [0.15, 0.2) is 50.8 Å². The van der Waals surface area contributed by atoms with Gasteiger partial charge in [0.05, 0.1) is 29.2 Å². The molecule has 0 saturated carbocycles. The number of carbonyl (C=O) groups excluding carboxylic acids is 1. The summed E-state index contributed by atoms with van der Waals surface area (Å²) in [5.74, 6) is -0.304. The number of hydrogen-bond acceptors (Lipinski definition) is 8. The molecule has 0 amide bonds. The molecule has 0 spiro atoms. The number of aryl methyl sites for hydroxylation is 1. The number of nitro groups is 1. The number of hydrogen-bond donors (Lipinski definition) is 0. The summed E-state index contributed by atoms with van der Waals surface area (Å²) in [7, 11) is 1.19. The van der Waals surface area contributed by atoms with E-state index in [4.69, 9.17) is 4.74 Å². The highest BCUT2D eigenvalue weighted by Gasteiger charge is 2.17. The van der Waals surface area contributed by atoms with Gasteiger partial charge in [0.1, 0.15) is 5.82 Å². The summed E-state index contributed by atoms with van der Waals surface area (Å²) in [5, 5.41) is 16.0. The Morgan fingerprint density at radius 2 is 2.10 bits per heavy atom. The predicted molar refractivity (Wildman–Crippen MR) is 117 cm³/mol. The first-order valence-electron chi connectivity index (χ1n) is 9.07. The zero-order valence-electron chi connectivity index (χ0n) is 16.6. The number of benzene rings is 2. The highest BCUT2D eigenvalue weighted by atomic mass is 79.9. The molecule has 0 saturated heterocycles. The number of halogens is 1. The highest BCUT2D eigenvalue weighted by Crippen LogP contribution is 2.27. The molecule has 0 radical (unpaired) electrons. The second-order valence-corrected chi connectivity index (χ2v) is 7.17. The Morgan fingerprint density at radius 1 is 1.32 bits per heavy atom. The van der Waals surface area contributed by atoms with Crippen molar-refractivity contribution in [1.82, 2.24) is 9.66 Å². The van der Waals surface area contributed by atoms with Crippen molar-refractivity contribution in [2.24, 2.45) is 5.10 Å². The number of nitrogens with zero attached hydrogens (tertiary/aromatic N) is 4. The van der Waals surface area contributed by atoms with Gasteiger partial charge in [0.2, 0.25) is 0 Å². The van der Waals surface area contributed by atoms with Gasteiger partial charge in [0, 0.05) is 22.5 Å². The number of aromatic nitrogens is 2. The fourth-order valence-electron chi connectivity index (χ4n) is 2.74. The van der Waals surface area contributed by atoms with E-state index in [0.29, 0.717) is 28.7 Å². The summed E-state index contributed by atoms with van der Waals surface area (Å²) in [4.78, 5) is 39.4. The van der Waals surface area contributed by atoms with Crippen molar-refractivity contribution < 1.29 is 19.2 Å². The van der Waals surface area contributed by atoms with Crippen LogP contribution in [0.2, 0.25) is 0 Å². The van der Waals surface area contributed by atoms with Gasteiger partial charge in [-0.15, -0.1) is 0 Å². The van der Waals surface area contributed by atoms with Crippen LogP contribution in [-0.2, 0) is 16.0 Å². The highest BCUT2D eigenvalue weighted by molar-refractivity contribution is 9.10. The average molecular weight is 489 g/mol. The third-order valence-electron chi connectivity index (χ3n) is 4.27. The van der Waals surface area contributed by atoms with E-state index < -0.39 is 17.5 Å². The predicted octanol–water partition coefficient (Wildman–Crippen LogP) is 3.06. The maximum Gasteiger partial charge on any atom is 0.343 e. The van der Waals surface area contributed by atoms with Crippen LogP contribution in [0.1, 0.15) is 18.3 Å². The van der Waals surface area contributed by atoms with Gasteiger partial charge < -0.3 is 9.47 Å². The molecule has 0 fully saturated rings. The van der Waals surface area contributed by atoms with E-state index >= 15 is 0 Å². The van der Waals surface area contributed by atoms with Crippen LogP contribution in [0, 0.1) is 10.1 Å². The van der Waals surface area contributed by atoms with Crippen LogP contribution in [-0.4, -0.2) is 40.5 Å². The summed E-state index contributed by atoms with van der Waals surface area (Å²) in [6, 6.07) is 9.30. The molecule has 31 heavy (non-hydrogen) atoms. The van der Waals surface area contributed by atoms with E-state index in [9.17, 15) is 19.7 Å². The standard InChI is InChI=1S/C20H17BrN4O6/c1-3-18-23-15-6-5-13(21)9-14(15)20(27)24(18)22-10-12-4-7-17(16(8-12)25(28)29)31-11-19(26)30-2/h4-10H,3,11H2,1-2H3. The molecule has 0 N–H and O–H groups in total. The number of ether oxygens (including phenoxy) is 2. The molecule has 0 bridgehead atoms. The molecular weight excluding hydrogens is 472 g/mol. The molecule has 1 heterocycles. The van der Waals surface area contributed by atoms with Gasteiger partial charge in [0.25, 0.3) is 5.56 Å². The van der Waals surface area contributed by atoms with E-state index in [2.05, 4.69) is 30.8 Å². The Kier molecular flexibility index (Phi) is 6.75. The lowest BCUT2D eigenvalue weighted by atomic mass is 10.2. The fourth-order valence-corrected chi connectivity index (χ4v) is 3.10. The summed E-state index contributed by atoms with van der Waals surface area (Å²) < 4.78 is 11.5. The lowest BCUT2D eigenvalue weighted by Crippen LogP contribution is -2.22. The van der Waals surface area contributed by atoms with Gasteiger partial charge in [-0.2, -0.15) is 9.78 Å². The molecule has 11 heteroatoms. The summed E-state index contributed by atoms with van der Waals surface area (Å²) >= 11 is 3.34. The molecule has 10 nitrogen and oxygen atoms in total. The van der Waals surface area contributed by atoms with Crippen molar-refractivity contribution in [1.29, 1.82) is 0 Å². The molecule has 1 aromatic heterocycles. The summed E-state index contributed by atoms with van der Waals surface area (Å²) in [6.07, 6.45) is 1.78. The first-order valence-corrected chi connectivity index (χ1v) is 9.87. The Labute approximate surface area is 184 Å². The first-order chi connectivity index (χ1) is 14.8. The third kappa shape index (κ3) is 4.94. The van der Waals surface area contributed by atoms with Crippen molar-refractivity contribution in [3.05, 3.63) is 72.7 Å². The molecule has 160 valence electrons. The van der Waals surface area contributed by atoms with Gasteiger partial charge in [-0.05, 0) is 30.3 Å². The van der Waals surface area contributed by atoms with Gasteiger partial charge in [-0.3, -0.25) is 14.9 Å². The molecule has 3 aromatic rings. The lowest BCUT2D eigenvalue weighted by Gasteiger charge is -2.08. The Hall–Kier alpha value is -3.60. The maximum atomic E-state index is 12.9. The maximum absolute atomic E-state index is 12.9. The van der Waals surface area contributed by atoms with Crippen LogP contribution in [0.25, 0.3) is 10.9 Å². The SMILES string of the molecule is CCc1nc2ccc(Br)cc2c(=O)n1N=Cc1ccc(OCC(=O)OC)c([N+](=O)[O-])c1. The van der Waals surface area contributed by atoms with E-state index in [1.54, 1.807) is 18.2 Å². The number of carbonyl (C=O) groups is 1. The zero-order chi connectivity index (χ0) is 22.5. The lowest BCUT2D eigenvalue weighted by molar-refractivity contribution is -0.385. The van der Waals surface area contributed by atoms with E-state index in [0.717, 1.165) is 4.47 Å². The number of rotatable bonds is 7. The van der Waals surface area contributed by atoms with Crippen molar-refractivity contribution >= 4 is 44.7 Å². The Balaban J connectivity index is 1.99. The largest absolute Gasteiger partial charge is 0.475 e. The normalized spacial score (nSPS) is 11.1. The van der Waals surface area contributed by atoms with Crippen LogP contribution >= 0.6 is 15.9 Å².